The molecule has 20 heavy (non-hydrogen) atoms. The molecule has 0 aliphatic heterocycles. The van der Waals surface area contributed by atoms with E-state index in [0.29, 0.717) is 13.2 Å². The lowest BCUT2D eigenvalue weighted by molar-refractivity contribution is -0.131. The van der Waals surface area contributed by atoms with Crippen LogP contribution in [0.4, 0.5) is 0 Å². The topological polar surface area (TPSA) is 46.5 Å². The van der Waals surface area contributed by atoms with Crippen molar-refractivity contribution in [3.63, 3.8) is 0 Å². The Labute approximate surface area is 122 Å². The molecule has 0 unspecified atom stereocenters. The zero-order valence-electron chi connectivity index (χ0n) is 11.0. The van der Waals surface area contributed by atoms with Gasteiger partial charge in [0.15, 0.2) is 0 Å². The van der Waals surface area contributed by atoms with Crippen molar-refractivity contribution in [2.75, 3.05) is 6.61 Å². The van der Waals surface area contributed by atoms with Gasteiger partial charge in [0, 0.05) is 17.4 Å². The first-order chi connectivity index (χ1) is 9.74. The van der Waals surface area contributed by atoms with Gasteiger partial charge in [-0.3, -0.25) is 0 Å². The average molecular weight is 288 g/mol. The van der Waals surface area contributed by atoms with Gasteiger partial charge in [0.25, 0.3) is 0 Å². The van der Waals surface area contributed by atoms with Crippen LogP contribution in [0.25, 0.3) is 6.08 Å². The maximum absolute atomic E-state index is 10.5. The Bertz CT molecular complexity index is 573. The van der Waals surface area contributed by atoms with Gasteiger partial charge in [-0.15, -0.1) is 11.3 Å². The van der Waals surface area contributed by atoms with E-state index in [9.17, 15) is 4.79 Å². The van der Waals surface area contributed by atoms with Crippen molar-refractivity contribution in [2.45, 2.75) is 13.0 Å². The van der Waals surface area contributed by atoms with Gasteiger partial charge in [-0.25, -0.2) is 4.79 Å². The molecule has 0 bridgehead atoms. The Morgan fingerprint density at radius 1 is 1.30 bits per heavy atom. The Hall–Kier alpha value is -1.91. The molecule has 4 heteroatoms. The van der Waals surface area contributed by atoms with Crippen molar-refractivity contribution in [3.8, 4) is 0 Å². The molecule has 2 rings (SSSR count). The van der Waals surface area contributed by atoms with E-state index in [2.05, 4.69) is 11.4 Å². The van der Waals surface area contributed by atoms with Crippen molar-refractivity contribution < 1.29 is 14.6 Å². The predicted octanol–water partition coefficient (Wildman–Crippen LogP) is 3.61. The molecule has 0 spiro atoms. The van der Waals surface area contributed by atoms with Crippen LogP contribution >= 0.6 is 11.3 Å². The molecule has 1 aromatic heterocycles. The monoisotopic (exact) mass is 288 g/mol. The zero-order valence-corrected chi connectivity index (χ0v) is 11.8. The fourth-order valence-electron chi connectivity index (χ4n) is 1.77. The predicted molar refractivity (Wildman–Crippen MR) is 80.8 cm³/mol. The molecule has 104 valence electrons. The number of thiophene rings is 1. The first kappa shape index (κ1) is 14.5. The number of hydrogen-bond donors (Lipinski definition) is 1. The van der Waals surface area contributed by atoms with Crippen LogP contribution in [0.3, 0.4) is 0 Å². The van der Waals surface area contributed by atoms with Crippen LogP contribution < -0.4 is 0 Å². The maximum atomic E-state index is 10.5. The highest BCUT2D eigenvalue weighted by Gasteiger charge is 1.97. The number of aliphatic carboxylic acids is 1. The molecule has 0 aliphatic carbocycles. The number of rotatable bonds is 7. The average Bonchev–Trinajstić information content (AvgIpc) is 2.95. The number of carboxylic acids is 1. The molecule has 3 nitrogen and oxygen atoms in total. The zero-order chi connectivity index (χ0) is 14.2. The van der Waals surface area contributed by atoms with E-state index in [-0.39, 0.29) is 0 Å². The molecule has 0 radical (unpaired) electrons. The van der Waals surface area contributed by atoms with Gasteiger partial charge in [0.2, 0.25) is 0 Å². The van der Waals surface area contributed by atoms with Crippen molar-refractivity contribution in [1.82, 2.24) is 0 Å². The van der Waals surface area contributed by atoms with Crippen LogP contribution in [-0.2, 0) is 22.6 Å². The summed E-state index contributed by atoms with van der Waals surface area (Å²) in [6.45, 7) is 1.23. The molecule has 1 aromatic carbocycles. The molecule has 0 aliphatic rings. The van der Waals surface area contributed by atoms with Crippen LogP contribution in [0.5, 0.6) is 0 Å². The SMILES string of the molecule is O=C(O)C=Cc1cccc(COCCc2cccs2)c1. The Balaban J connectivity index is 1.80. The van der Waals surface area contributed by atoms with Gasteiger partial charge >= 0.3 is 5.97 Å². The number of ether oxygens (including phenoxy) is 1. The van der Waals surface area contributed by atoms with Crippen LogP contribution in [-0.4, -0.2) is 17.7 Å². The van der Waals surface area contributed by atoms with Gasteiger partial charge in [0.05, 0.1) is 13.2 Å². The summed E-state index contributed by atoms with van der Waals surface area (Å²) in [5.41, 5.74) is 1.91. The summed E-state index contributed by atoms with van der Waals surface area (Å²) in [5, 5.41) is 10.7. The highest BCUT2D eigenvalue weighted by Crippen LogP contribution is 2.11. The lowest BCUT2D eigenvalue weighted by atomic mass is 10.1. The molecule has 0 saturated heterocycles. The van der Waals surface area contributed by atoms with Crippen LogP contribution in [0, 0.1) is 0 Å². The van der Waals surface area contributed by atoms with E-state index in [1.165, 1.54) is 4.88 Å². The quantitative estimate of drug-likeness (QED) is 0.625. The minimum absolute atomic E-state index is 0.542. The van der Waals surface area contributed by atoms with E-state index >= 15 is 0 Å². The first-order valence-corrected chi connectivity index (χ1v) is 7.22. The normalized spacial score (nSPS) is 11.0. The van der Waals surface area contributed by atoms with Crippen molar-refractivity contribution in [2.24, 2.45) is 0 Å². The second-order valence-electron chi connectivity index (χ2n) is 4.30. The Morgan fingerprint density at radius 2 is 2.20 bits per heavy atom. The summed E-state index contributed by atoms with van der Waals surface area (Å²) in [7, 11) is 0. The second kappa shape index (κ2) is 7.62. The first-order valence-electron chi connectivity index (χ1n) is 6.34. The van der Waals surface area contributed by atoms with Gasteiger partial charge < -0.3 is 9.84 Å². The van der Waals surface area contributed by atoms with E-state index in [1.807, 2.05) is 30.3 Å². The highest BCUT2D eigenvalue weighted by atomic mass is 32.1. The van der Waals surface area contributed by atoms with Gasteiger partial charge in [-0.1, -0.05) is 24.3 Å². The molecule has 0 amide bonds. The lowest BCUT2D eigenvalue weighted by Crippen LogP contribution is -1.98. The third kappa shape index (κ3) is 4.99. The van der Waals surface area contributed by atoms with E-state index in [4.69, 9.17) is 9.84 Å². The van der Waals surface area contributed by atoms with Gasteiger partial charge in [-0.05, 0) is 34.7 Å². The number of carbonyl (C=O) groups is 1. The molecular formula is C16H16O3S. The Kier molecular flexibility index (Phi) is 5.53. The third-order valence-electron chi connectivity index (χ3n) is 2.71. The summed E-state index contributed by atoms with van der Waals surface area (Å²) in [5.74, 6) is -0.942. The summed E-state index contributed by atoms with van der Waals surface area (Å²) < 4.78 is 5.64. The number of hydrogen-bond acceptors (Lipinski definition) is 3. The number of benzene rings is 1. The molecule has 0 atom stereocenters. The highest BCUT2D eigenvalue weighted by molar-refractivity contribution is 7.09. The molecule has 1 heterocycles. The third-order valence-corrected chi connectivity index (χ3v) is 3.65. The van der Waals surface area contributed by atoms with Crippen LogP contribution in [0.1, 0.15) is 16.0 Å². The lowest BCUT2D eigenvalue weighted by Gasteiger charge is -2.04. The van der Waals surface area contributed by atoms with Crippen LogP contribution in [0.15, 0.2) is 47.9 Å². The van der Waals surface area contributed by atoms with Crippen molar-refractivity contribution >= 4 is 23.4 Å². The van der Waals surface area contributed by atoms with Crippen LogP contribution in [0.2, 0.25) is 0 Å². The van der Waals surface area contributed by atoms with Gasteiger partial charge in [-0.2, -0.15) is 0 Å². The fraction of sp³-hybridized carbons (Fsp3) is 0.188. The van der Waals surface area contributed by atoms with Crippen molar-refractivity contribution in [3.05, 3.63) is 63.9 Å². The van der Waals surface area contributed by atoms with Gasteiger partial charge in [0.1, 0.15) is 0 Å². The maximum Gasteiger partial charge on any atom is 0.328 e. The van der Waals surface area contributed by atoms with E-state index in [1.54, 1.807) is 17.4 Å². The van der Waals surface area contributed by atoms with Crippen molar-refractivity contribution in [1.29, 1.82) is 0 Å². The largest absolute Gasteiger partial charge is 0.478 e. The minimum atomic E-state index is -0.942. The fourth-order valence-corrected chi connectivity index (χ4v) is 2.46. The summed E-state index contributed by atoms with van der Waals surface area (Å²) in [6, 6.07) is 11.8. The minimum Gasteiger partial charge on any atom is -0.478 e. The van der Waals surface area contributed by atoms with E-state index in [0.717, 1.165) is 23.6 Å². The molecule has 1 N–H and O–H groups in total. The molecule has 0 saturated carbocycles. The smallest absolute Gasteiger partial charge is 0.328 e. The van der Waals surface area contributed by atoms with E-state index < -0.39 is 5.97 Å². The summed E-state index contributed by atoms with van der Waals surface area (Å²) >= 11 is 1.74. The summed E-state index contributed by atoms with van der Waals surface area (Å²) in [6.07, 6.45) is 3.64. The number of carboxylic acid groups (broad SMARTS) is 1. The standard InChI is InChI=1S/C16H16O3S/c17-16(18)7-6-13-3-1-4-14(11-13)12-19-9-8-15-5-2-10-20-15/h1-7,10-11H,8-9,12H2,(H,17,18). The molecular weight excluding hydrogens is 272 g/mol. The second-order valence-corrected chi connectivity index (χ2v) is 5.33. The Morgan fingerprint density at radius 3 is 2.95 bits per heavy atom. The summed E-state index contributed by atoms with van der Waals surface area (Å²) in [4.78, 5) is 11.8. The molecule has 2 aromatic rings. The molecule has 0 fully saturated rings.